The van der Waals surface area contributed by atoms with Gasteiger partial charge < -0.3 is 19.0 Å². The van der Waals surface area contributed by atoms with Crippen LogP contribution in [0, 0.1) is 0 Å². The van der Waals surface area contributed by atoms with Crippen LogP contribution in [0.2, 0.25) is 0 Å². The van der Waals surface area contributed by atoms with Crippen molar-refractivity contribution < 1.29 is 23.8 Å². The number of nitrogens with zero attached hydrogens (tertiary/aromatic N) is 1. The summed E-state index contributed by atoms with van der Waals surface area (Å²) in [5, 5.41) is 1.54. The zero-order valence-electron chi connectivity index (χ0n) is 11.4. The van der Waals surface area contributed by atoms with E-state index in [-0.39, 0.29) is 12.8 Å². The molecule has 0 saturated heterocycles. The van der Waals surface area contributed by atoms with E-state index in [1.807, 2.05) is 12.2 Å². The minimum Gasteiger partial charge on any atom is -0.462 e. The van der Waals surface area contributed by atoms with E-state index >= 15 is 0 Å². The van der Waals surface area contributed by atoms with Gasteiger partial charge in [-0.2, -0.15) is 0 Å². The molecule has 0 fully saturated rings. The molecule has 2 heterocycles. The van der Waals surface area contributed by atoms with Gasteiger partial charge in [0.05, 0.1) is 6.54 Å². The van der Waals surface area contributed by atoms with Crippen molar-refractivity contribution in [2.24, 2.45) is 0 Å². The lowest BCUT2D eigenvalue weighted by molar-refractivity contribution is -0.161. The minimum atomic E-state index is -0.715. The molecule has 0 saturated carbocycles. The fourth-order valence-electron chi connectivity index (χ4n) is 1.80. The Labute approximate surface area is 112 Å². The van der Waals surface area contributed by atoms with Crippen molar-refractivity contribution in [3.63, 3.8) is 0 Å². The summed E-state index contributed by atoms with van der Waals surface area (Å²) in [6.45, 7) is 6.06. The Balaban J connectivity index is 1.97. The van der Waals surface area contributed by atoms with Crippen LogP contribution >= 0.6 is 0 Å². The summed E-state index contributed by atoms with van der Waals surface area (Å²) in [4.78, 5) is 16.9. The molecule has 1 atom stereocenters. The average Bonchev–Trinajstić information content (AvgIpc) is 2.80. The molecule has 106 valence electrons. The van der Waals surface area contributed by atoms with Crippen LogP contribution < -0.4 is 0 Å². The SMILES string of the molecule is CC(C)(C)OC(=O)ON1CC=CCC1C1=COCO1. The maximum absolute atomic E-state index is 11.7. The summed E-state index contributed by atoms with van der Waals surface area (Å²) in [7, 11) is 0. The van der Waals surface area contributed by atoms with Gasteiger partial charge >= 0.3 is 6.16 Å². The van der Waals surface area contributed by atoms with Gasteiger partial charge in [0.2, 0.25) is 6.79 Å². The third-order valence-electron chi connectivity index (χ3n) is 2.56. The van der Waals surface area contributed by atoms with Crippen molar-refractivity contribution in [1.29, 1.82) is 0 Å². The minimum absolute atomic E-state index is 0.167. The van der Waals surface area contributed by atoms with Gasteiger partial charge in [-0.3, -0.25) is 0 Å². The van der Waals surface area contributed by atoms with Crippen LogP contribution in [0.5, 0.6) is 0 Å². The molecule has 19 heavy (non-hydrogen) atoms. The second-order valence-electron chi connectivity index (χ2n) is 5.33. The van der Waals surface area contributed by atoms with Crippen LogP contribution in [0.25, 0.3) is 0 Å². The van der Waals surface area contributed by atoms with Crippen LogP contribution in [0.1, 0.15) is 27.2 Å². The van der Waals surface area contributed by atoms with Crippen molar-refractivity contribution >= 4 is 6.16 Å². The predicted octanol–water partition coefficient (Wildman–Crippen LogP) is 2.33. The van der Waals surface area contributed by atoms with Crippen molar-refractivity contribution in [3.05, 3.63) is 24.2 Å². The maximum Gasteiger partial charge on any atom is 0.528 e. The summed E-state index contributed by atoms with van der Waals surface area (Å²) >= 11 is 0. The second-order valence-corrected chi connectivity index (χ2v) is 5.33. The first-order chi connectivity index (χ1) is 8.96. The molecule has 6 nitrogen and oxygen atoms in total. The molecule has 2 rings (SSSR count). The van der Waals surface area contributed by atoms with Crippen LogP contribution in [0.4, 0.5) is 4.79 Å². The molecule has 0 N–H and O–H groups in total. The fourth-order valence-corrected chi connectivity index (χ4v) is 1.80. The standard InChI is InChI=1S/C13H19NO5/c1-13(2,3)18-12(15)19-14-7-5-4-6-10(14)11-8-16-9-17-11/h4-5,8,10H,6-7,9H2,1-3H3. The molecular formula is C13H19NO5. The number of carbonyl (C=O) groups excluding carboxylic acids is 1. The highest BCUT2D eigenvalue weighted by molar-refractivity contribution is 5.60. The summed E-state index contributed by atoms with van der Waals surface area (Å²) in [6, 6.07) is -0.167. The molecule has 0 aliphatic carbocycles. The molecule has 0 aromatic heterocycles. The maximum atomic E-state index is 11.7. The quantitative estimate of drug-likeness (QED) is 0.566. The molecule has 0 amide bonds. The van der Waals surface area contributed by atoms with E-state index in [1.165, 1.54) is 5.06 Å². The summed E-state index contributed by atoms with van der Waals surface area (Å²) in [5.74, 6) is 0.660. The Morgan fingerprint density at radius 3 is 2.84 bits per heavy atom. The topological polar surface area (TPSA) is 57.2 Å². The van der Waals surface area contributed by atoms with E-state index in [4.69, 9.17) is 19.0 Å². The van der Waals surface area contributed by atoms with Gasteiger partial charge in [0.1, 0.15) is 17.9 Å². The van der Waals surface area contributed by atoms with E-state index in [0.717, 1.165) is 0 Å². The van der Waals surface area contributed by atoms with Gasteiger partial charge in [0, 0.05) is 0 Å². The lowest BCUT2D eigenvalue weighted by atomic mass is 10.1. The lowest BCUT2D eigenvalue weighted by Gasteiger charge is -2.31. The Hall–Kier alpha value is -1.69. The Bertz CT molecular complexity index is 396. The number of ether oxygens (including phenoxy) is 3. The van der Waals surface area contributed by atoms with Crippen LogP contribution in [-0.2, 0) is 19.0 Å². The van der Waals surface area contributed by atoms with E-state index in [2.05, 4.69) is 0 Å². The number of hydrogen-bond acceptors (Lipinski definition) is 6. The van der Waals surface area contributed by atoms with E-state index in [0.29, 0.717) is 18.7 Å². The number of hydroxylamine groups is 2. The van der Waals surface area contributed by atoms with Crippen LogP contribution in [-0.4, -0.2) is 36.2 Å². The first-order valence-corrected chi connectivity index (χ1v) is 6.23. The molecule has 2 aliphatic rings. The van der Waals surface area contributed by atoms with Crippen LogP contribution in [0.15, 0.2) is 24.2 Å². The number of hydrogen-bond donors (Lipinski definition) is 0. The van der Waals surface area contributed by atoms with E-state index < -0.39 is 11.8 Å². The lowest BCUT2D eigenvalue weighted by Crippen LogP contribution is -2.41. The number of rotatable bonds is 2. The number of carbonyl (C=O) groups is 1. The molecule has 0 spiro atoms. The average molecular weight is 269 g/mol. The first kappa shape index (κ1) is 13.7. The van der Waals surface area contributed by atoms with Crippen molar-refractivity contribution in [2.75, 3.05) is 13.3 Å². The van der Waals surface area contributed by atoms with Crippen molar-refractivity contribution in [1.82, 2.24) is 5.06 Å². The van der Waals surface area contributed by atoms with Gasteiger partial charge in [-0.1, -0.05) is 12.2 Å². The highest BCUT2D eigenvalue weighted by atomic mass is 16.8. The molecular weight excluding hydrogens is 250 g/mol. The summed E-state index contributed by atoms with van der Waals surface area (Å²) < 4.78 is 15.5. The monoisotopic (exact) mass is 269 g/mol. The molecule has 0 aromatic rings. The Kier molecular flexibility index (Phi) is 3.99. The highest BCUT2D eigenvalue weighted by Crippen LogP contribution is 2.24. The van der Waals surface area contributed by atoms with E-state index in [9.17, 15) is 4.79 Å². The van der Waals surface area contributed by atoms with Gasteiger partial charge in [-0.25, -0.2) is 4.79 Å². The summed E-state index contributed by atoms with van der Waals surface area (Å²) in [5.41, 5.74) is -0.579. The predicted molar refractivity (Wildman–Crippen MR) is 66.7 cm³/mol. The summed E-state index contributed by atoms with van der Waals surface area (Å²) in [6.07, 6.45) is 5.47. The van der Waals surface area contributed by atoms with E-state index in [1.54, 1.807) is 27.0 Å². The second kappa shape index (κ2) is 5.52. The van der Waals surface area contributed by atoms with Gasteiger partial charge in [-0.15, -0.1) is 5.06 Å². The Morgan fingerprint density at radius 2 is 2.21 bits per heavy atom. The van der Waals surface area contributed by atoms with Crippen LogP contribution in [0.3, 0.4) is 0 Å². The fraction of sp³-hybridized carbons (Fsp3) is 0.615. The Morgan fingerprint density at radius 1 is 1.42 bits per heavy atom. The van der Waals surface area contributed by atoms with Crippen molar-refractivity contribution in [2.45, 2.75) is 38.8 Å². The van der Waals surface area contributed by atoms with Crippen molar-refractivity contribution in [3.8, 4) is 0 Å². The first-order valence-electron chi connectivity index (χ1n) is 6.23. The highest BCUT2D eigenvalue weighted by Gasteiger charge is 2.31. The third kappa shape index (κ3) is 3.89. The normalized spacial score (nSPS) is 23.3. The molecule has 0 bridgehead atoms. The van der Waals surface area contributed by atoms with Gasteiger partial charge in [0.15, 0.2) is 5.76 Å². The molecule has 6 heteroatoms. The molecule has 0 radical (unpaired) electrons. The van der Waals surface area contributed by atoms with Gasteiger partial charge in [-0.05, 0) is 27.2 Å². The molecule has 2 aliphatic heterocycles. The zero-order chi connectivity index (χ0) is 13.9. The smallest absolute Gasteiger partial charge is 0.462 e. The molecule has 0 aromatic carbocycles. The zero-order valence-corrected chi connectivity index (χ0v) is 11.4. The third-order valence-corrected chi connectivity index (χ3v) is 2.56. The largest absolute Gasteiger partial charge is 0.528 e. The van der Waals surface area contributed by atoms with Gasteiger partial charge in [0.25, 0.3) is 0 Å². The molecule has 1 unspecified atom stereocenters.